The van der Waals surface area contributed by atoms with Crippen LogP contribution in [0.4, 0.5) is 0 Å². The van der Waals surface area contributed by atoms with Gasteiger partial charge in [0, 0.05) is 6.42 Å². The maximum absolute atomic E-state index is 10.1. The molecular formula is C11H13O. The van der Waals surface area contributed by atoms with Gasteiger partial charge in [-0.25, -0.2) is 0 Å². The van der Waals surface area contributed by atoms with E-state index < -0.39 is 0 Å². The van der Waals surface area contributed by atoms with Crippen molar-refractivity contribution in [3.8, 4) is 0 Å². The monoisotopic (exact) mass is 161 g/mol. The highest BCUT2D eigenvalue weighted by Crippen LogP contribution is 2.18. The fraction of sp³-hybridized carbons (Fsp3) is 0.364. The van der Waals surface area contributed by atoms with Gasteiger partial charge in [-0.2, -0.15) is 0 Å². The van der Waals surface area contributed by atoms with Crippen LogP contribution in [0.5, 0.6) is 0 Å². The molecule has 0 aliphatic heterocycles. The summed E-state index contributed by atoms with van der Waals surface area (Å²) >= 11 is 0. The van der Waals surface area contributed by atoms with Crippen LogP contribution in [0.3, 0.4) is 0 Å². The first-order chi connectivity index (χ1) is 5.84. The second-order valence-corrected chi connectivity index (χ2v) is 2.96. The first-order valence-corrected chi connectivity index (χ1v) is 4.25. The molecule has 0 saturated heterocycles. The third kappa shape index (κ3) is 2.50. The number of benzene rings is 1. The van der Waals surface area contributed by atoms with Gasteiger partial charge in [-0.15, -0.1) is 0 Å². The van der Waals surface area contributed by atoms with Gasteiger partial charge in [-0.05, 0) is 24.0 Å². The van der Waals surface area contributed by atoms with Gasteiger partial charge in [0.15, 0.2) is 0 Å². The van der Waals surface area contributed by atoms with Crippen LogP contribution in [0.2, 0.25) is 0 Å². The van der Waals surface area contributed by atoms with Gasteiger partial charge in [0.2, 0.25) is 0 Å². The van der Waals surface area contributed by atoms with Crippen LogP contribution < -0.4 is 0 Å². The number of rotatable bonds is 4. The van der Waals surface area contributed by atoms with E-state index in [1.54, 1.807) is 0 Å². The lowest BCUT2D eigenvalue weighted by Gasteiger charge is -2.08. The average Bonchev–Trinajstić information content (AvgIpc) is 2.15. The predicted molar refractivity (Wildman–Crippen MR) is 49.0 cm³/mol. The zero-order valence-electron chi connectivity index (χ0n) is 7.29. The molecule has 0 heterocycles. The molecule has 1 aromatic rings. The Balaban J connectivity index is 2.53. The molecule has 1 heteroatoms. The van der Waals surface area contributed by atoms with E-state index in [9.17, 15) is 4.79 Å². The normalized spacial score (nSPS) is 12.4. The number of carbonyl (C=O) groups excluding carboxylic acids is 1. The third-order valence-corrected chi connectivity index (χ3v) is 1.98. The van der Waals surface area contributed by atoms with Crippen molar-refractivity contribution in [2.75, 3.05) is 0 Å². The van der Waals surface area contributed by atoms with E-state index in [1.165, 1.54) is 5.56 Å². The topological polar surface area (TPSA) is 17.1 Å². The first kappa shape index (κ1) is 8.98. The van der Waals surface area contributed by atoms with E-state index in [2.05, 4.69) is 19.1 Å². The van der Waals surface area contributed by atoms with Crippen LogP contribution in [0, 0.1) is 6.07 Å². The predicted octanol–water partition coefficient (Wildman–Crippen LogP) is 2.57. The Morgan fingerprint density at radius 3 is 3.00 bits per heavy atom. The van der Waals surface area contributed by atoms with Crippen LogP contribution >= 0.6 is 0 Å². The second-order valence-electron chi connectivity index (χ2n) is 2.96. The minimum atomic E-state index is 0.441. The van der Waals surface area contributed by atoms with Crippen LogP contribution in [-0.2, 0) is 4.79 Å². The van der Waals surface area contributed by atoms with Gasteiger partial charge < -0.3 is 4.79 Å². The van der Waals surface area contributed by atoms with Crippen LogP contribution in [0.25, 0.3) is 0 Å². The molecular weight excluding hydrogens is 148 g/mol. The van der Waals surface area contributed by atoms with Crippen LogP contribution in [0.15, 0.2) is 24.3 Å². The summed E-state index contributed by atoms with van der Waals surface area (Å²) in [6.45, 7) is 2.12. The van der Waals surface area contributed by atoms with Crippen LogP contribution in [0.1, 0.15) is 31.2 Å². The molecule has 1 unspecified atom stereocenters. The molecule has 1 nitrogen and oxygen atoms in total. The summed E-state index contributed by atoms with van der Waals surface area (Å²) in [5.74, 6) is 0.441. The molecule has 63 valence electrons. The van der Waals surface area contributed by atoms with Crippen molar-refractivity contribution in [2.45, 2.75) is 25.7 Å². The van der Waals surface area contributed by atoms with E-state index in [-0.39, 0.29) is 0 Å². The summed E-state index contributed by atoms with van der Waals surface area (Å²) in [5, 5.41) is 0. The minimum Gasteiger partial charge on any atom is -0.303 e. The number of hydrogen-bond donors (Lipinski definition) is 0. The molecule has 0 bridgehead atoms. The average molecular weight is 161 g/mol. The Morgan fingerprint density at radius 2 is 2.42 bits per heavy atom. The third-order valence-electron chi connectivity index (χ3n) is 1.98. The van der Waals surface area contributed by atoms with E-state index in [0.717, 1.165) is 12.7 Å². The Morgan fingerprint density at radius 1 is 1.58 bits per heavy atom. The zero-order chi connectivity index (χ0) is 8.81. The molecule has 0 aromatic heterocycles. The molecule has 0 fully saturated rings. The van der Waals surface area contributed by atoms with E-state index in [0.29, 0.717) is 12.3 Å². The lowest BCUT2D eigenvalue weighted by molar-refractivity contribution is -0.108. The van der Waals surface area contributed by atoms with Crippen LogP contribution in [-0.4, -0.2) is 6.29 Å². The quantitative estimate of drug-likeness (QED) is 0.620. The summed E-state index contributed by atoms with van der Waals surface area (Å²) in [6, 6.07) is 11.1. The smallest absolute Gasteiger partial charge is 0.120 e. The molecule has 0 spiro atoms. The summed E-state index contributed by atoms with van der Waals surface area (Å²) < 4.78 is 0. The van der Waals surface area contributed by atoms with Crippen molar-refractivity contribution in [3.63, 3.8) is 0 Å². The standard InChI is InChI=1S/C11H13O/c1-10(6-5-9-12)11-7-3-2-4-8-11/h2-4,7,9-10H,5-6H2,1H3. The fourth-order valence-corrected chi connectivity index (χ4v) is 1.19. The van der Waals surface area contributed by atoms with Crippen molar-refractivity contribution < 1.29 is 4.79 Å². The van der Waals surface area contributed by atoms with Gasteiger partial charge in [0.1, 0.15) is 6.29 Å². The van der Waals surface area contributed by atoms with Crippen molar-refractivity contribution in [2.24, 2.45) is 0 Å². The molecule has 0 aliphatic carbocycles. The molecule has 0 saturated carbocycles. The molecule has 1 aromatic carbocycles. The lowest BCUT2D eigenvalue weighted by Crippen LogP contribution is -1.93. The maximum atomic E-state index is 10.1. The van der Waals surface area contributed by atoms with Gasteiger partial charge in [0.25, 0.3) is 0 Å². The summed E-state index contributed by atoms with van der Waals surface area (Å²) in [7, 11) is 0. The van der Waals surface area contributed by atoms with Crippen molar-refractivity contribution in [1.82, 2.24) is 0 Å². The van der Waals surface area contributed by atoms with E-state index in [4.69, 9.17) is 0 Å². The molecule has 0 amide bonds. The first-order valence-electron chi connectivity index (χ1n) is 4.25. The molecule has 0 N–H and O–H groups in total. The van der Waals surface area contributed by atoms with Gasteiger partial charge in [0.05, 0.1) is 0 Å². The highest BCUT2D eigenvalue weighted by molar-refractivity contribution is 5.49. The Labute approximate surface area is 73.4 Å². The SMILES string of the molecule is CC(CCC=O)c1[c]cccc1. The number of hydrogen-bond acceptors (Lipinski definition) is 1. The summed E-state index contributed by atoms with van der Waals surface area (Å²) in [4.78, 5) is 10.1. The highest BCUT2D eigenvalue weighted by Gasteiger charge is 2.03. The Hall–Kier alpha value is -1.11. The highest BCUT2D eigenvalue weighted by atomic mass is 16.1. The van der Waals surface area contributed by atoms with Gasteiger partial charge >= 0.3 is 0 Å². The van der Waals surface area contributed by atoms with Crippen molar-refractivity contribution in [3.05, 3.63) is 35.9 Å². The Bertz CT molecular complexity index is 228. The van der Waals surface area contributed by atoms with Gasteiger partial charge in [-0.3, -0.25) is 0 Å². The zero-order valence-corrected chi connectivity index (χ0v) is 7.29. The fourth-order valence-electron chi connectivity index (χ4n) is 1.19. The van der Waals surface area contributed by atoms with E-state index >= 15 is 0 Å². The number of aldehydes is 1. The van der Waals surface area contributed by atoms with Crippen molar-refractivity contribution in [1.29, 1.82) is 0 Å². The second kappa shape index (κ2) is 4.70. The molecule has 1 atom stereocenters. The molecule has 0 aliphatic rings. The molecule has 1 rings (SSSR count). The Kier molecular flexibility index (Phi) is 3.52. The molecule has 1 radical (unpaired) electrons. The van der Waals surface area contributed by atoms with Crippen molar-refractivity contribution >= 4 is 6.29 Å². The lowest BCUT2D eigenvalue weighted by atomic mass is 9.97. The van der Waals surface area contributed by atoms with Gasteiger partial charge in [-0.1, -0.05) is 31.2 Å². The largest absolute Gasteiger partial charge is 0.303 e. The minimum absolute atomic E-state index is 0.441. The van der Waals surface area contributed by atoms with E-state index in [1.807, 2.05) is 18.2 Å². The maximum Gasteiger partial charge on any atom is 0.120 e. The molecule has 12 heavy (non-hydrogen) atoms. The summed E-state index contributed by atoms with van der Waals surface area (Å²) in [6.07, 6.45) is 2.54. The number of carbonyl (C=O) groups is 1. The summed E-state index contributed by atoms with van der Waals surface area (Å²) in [5.41, 5.74) is 1.19.